The summed E-state index contributed by atoms with van der Waals surface area (Å²) < 4.78 is 12.5. The molecule has 3 aromatic rings. The van der Waals surface area contributed by atoms with E-state index in [0.29, 0.717) is 11.3 Å². The van der Waals surface area contributed by atoms with Crippen LogP contribution in [0.15, 0.2) is 57.9 Å². The molecule has 2 aromatic heterocycles. The third-order valence-corrected chi connectivity index (χ3v) is 4.03. The van der Waals surface area contributed by atoms with E-state index in [1.165, 1.54) is 10.5 Å². The smallest absolute Gasteiger partial charge is 0.310 e. The molecule has 0 saturated heterocycles. The van der Waals surface area contributed by atoms with Crippen LogP contribution in [-0.4, -0.2) is 22.5 Å². The van der Waals surface area contributed by atoms with E-state index < -0.39 is 0 Å². The van der Waals surface area contributed by atoms with Crippen molar-refractivity contribution >= 4 is 27.5 Å². The molecule has 7 heteroatoms. The molecule has 1 aromatic carbocycles. The second kappa shape index (κ2) is 7.48. The van der Waals surface area contributed by atoms with Gasteiger partial charge in [-0.3, -0.25) is 14.0 Å². The average Bonchev–Trinajstić information content (AvgIpc) is 2.61. The Hall–Kier alpha value is -2.67. The third-order valence-electron chi connectivity index (χ3n) is 3.57. The number of nitrogens with zero attached hydrogens (tertiary/aromatic N) is 2. The topological polar surface area (TPSA) is 69.9 Å². The number of carbonyl (C=O) groups is 1. The molecule has 0 aliphatic carbocycles. The number of methoxy groups -OCH3 is 1. The van der Waals surface area contributed by atoms with Gasteiger partial charge in [0, 0.05) is 16.7 Å². The van der Waals surface area contributed by atoms with Gasteiger partial charge in [0.15, 0.2) is 0 Å². The number of benzene rings is 1. The van der Waals surface area contributed by atoms with Crippen molar-refractivity contribution in [3.05, 3.63) is 74.7 Å². The highest BCUT2D eigenvalue weighted by Crippen LogP contribution is 2.13. The summed E-state index contributed by atoms with van der Waals surface area (Å²) in [5.74, 6) is 0.340. The van der Waals surface area contributed by atoms with Crippen LogP contribution in [0.1, 0.15) is 11.3 Å². The van der Waals surface area contributed by atoms with E-state index in [1.807, 2.05) is 0 Å². The van der Waals surface area contributed by atoms with Gasteiger partial charge in [-0.25, -0.2) is 4.98 Å². The largest absolute Gasteiger partial charge is 0.497 e. The van der Waals surface area contributed by atoms with Crippen LogP contribution in [0.5, 0.6) is 5.75 Å². The van der Waals surface area contributed by atoms with Gasteiger partial charge in [-0.15, -0.1) is 0 Å². The molecule has 0 saturated carbocycles. The van der Waals surface area contributed by atoms with E-state index in [4.69, 9.17) is 9.47 Å². The number of fused-ring (bicyclic) bond motifs is 1. The fourth-order valence-electron chi connectivity index (χ4n) is 2.32. The minimum Gasteiger partial charge on any atom is -0.497 e. The molecule has 128 valence electrons. The third kappa shape index (κ3) is 4.24. The minimum absolute atomic E-state index is 0.0448. The van der Waals surface area contributed by atoms with Crippen molar-refractivity contribution in [3.8, 4) is 5.75 Å². The van der Waals surface area contributed by atoms with Gasteiger partial charge in [-0.05, 0) is 45.8 Å². The first kappa shape index (κ1) is 17.2. The Morgan fingerprint density at radius 3 is 2.68 bits per heavy atom. The SMILES string of the molecule is COc1ccc(CC(=O)OCc2cc(=O)n3cc(Br)ccc3n2)cc1. The van der Waals surface area contributed by atoms with Gasteiger partial charge in [0.25, 0.3) is 5.56 Å². The quantitative estimate of drug-likeness (QED) is 0.613. The van der Waals surface area contributed by atoms with Crippen molar-refractivity contribution in [1.82, 2.24) is 9.38 Å². The van der Waals surface area contributed by atoms with Crippen LogP contribution >= 0.6 is 15.9 Å². The maximum Gasteiger partial charge on any atom is 0.310 e. The molecule has 25 heavy (non-hydrogen) atoms. The lowest BCUT2D eigenvalue weighted by atomic mass is 10.1. The molecule has 0 N–H and O–H groups in total. The summed E-state index contributed by atoms with van der Waals surface area (Å²) in [5, 5.41) is 0. The lowest BCUT2D eigenvalue weighted by Gasteiger charge is -2.07. The Labute approximate surface area is 152 Å². The van der Waals surface area contributed by atoms with Crippen LogP contribution in [-0.2, 0) is 22.6 Å². The Kier molecular flexibility index (Phi) is 5.14. The monoisotopic (exact) mass is 402 g/mol. The lowest BCUT2D eigenvalue weighted by molar-refractivity contribution is -0.144. The molecule has 6 nitrogen and oxygen atoms in total. The number of pyridine rings is 1. The highest BCUT2D eigenvalue weighted by Gasteiger charge is 2.08. The number of halogens is 1. The summed E-state index contributed by atoms with van der Waals surface area (Å²) in [4.78, 5) is 28.4. The molecule has 0 fully saturated rings. The molecule has 0 spiro atoms. The van der Waals surface area contributed by atoms with E-state index in [1.54, 1.807) is 49.7 Å². The van der Waals surface area contributed by atoms with E-state index >= 15 is 0 Å². The fraction of sp³-hybridized carbons (Fsp3) is 0.167. The number of aromatic nitrogens is 2. The molecular formula is C18H15BrN2O4. The number of hydrogen-bond acceptors (Lipinski definition) is 5. The van der Waals surface area contributed by atoms with E-state index in [2.05, 4.69) is 20.9 Å². The standard InChI is InChI=1S/C18H15BrN2O4/c1-24-15-5-2-12(3-6-15)8-18(23)25-11-14-9-17(22)21-10-13(19)4-7-16(21)20-14/h2-7,9-10H,8,11H2,1H3. The summed E-state index contributed by atoms with van der Waals surface area (Å²) in [7, 11) is 1.58. The van der Waals surface area contributed by atoms with E-state index in [0.717, 1.165) is 15.8 Å². The van der Waals surface area contributed by atoms with Crippen LogP contribution in [0.4, 0.5) is 0 Å². The highest BCUT2D eigenvalue weighted by molar-refractivity contribution is 9.10. The summed E-state index contributed by atoms with van der Waals surface area (Å²) >= 11 is 3.31. The molecule has 0 atom stereocenters. The average molecular weight is 403 g/mol. The fourth-order valence-corrected chi connectivity index (χ4v) is 2.65. The predicted molar refractivity (Wildman–Crippen MR) is 95.7 cm³/mol. The van der Waals surface area contributed by atoms with Gasteiger partial charge in [-0.1, -0.05) is 12.1 Å². The molecule has 0 bridgehead atoms. The Bertz CT molecular complexity index is 967. The van der Waals surface area contributed by atoms with Crippen LogP contribution in [0.2, 0.25) is 0 Å². The number of rotatable bonds is 5. The Morgan fingerprint density at radius 1 is 1.20 bits per heavy atom. The Morgan fingerprint density at radius 2 is 1.96 bits per heavy atom. The zero-order chi connectivity index (χ0) is 17.8. The second-order valence-corrected chi connectivity index (χ2v) is 6.26. The maximum atomic E-state index is 12.1. The van der Waals surface area contributed by atoms with Crippen molar-refractivity contribution in [2.75, 3.05) is 7.11 Å². The molecule has 0 unspecified atom stereocenters. The van der Waals surface area contributed by atoms with Gasteiger partial charge in [0.2, 0.25) is 0 Å². The molecule has 0 amide bonds. The molecule has 0 aliphatic heterocycles. The zero-order valence-electron chi connectivity index (χ0n) is 13.4. The second-order valence-electron chi connectivity index (χ2n) is 5.35. The summed E-state index contributed by atoms with van der Waals surface area (Å²) in [6, 6.07) is 12.0. The van der Waals surface area contributed by atoms with Crippen LogP contribution < -0.4 is 10.3 Å². The normalized spacial score (nSPS) is 10.6. The first-order chi connectivity index (χ1) is 12.0. The first-order valence-corrected chi connectivity index (χ1v) is 8.31. The van der Waals surface area contributed by atoms with Gasteiger partial charge >= 0.3 is 5.97 Å². The first-order valence-electron chi connectivity index (χ1n) is 7.51. The molecular weight excluding hydrogens is 388 g/mol. The van der Waals surface area contributed by atoms with Crippen LogP contribution in [0.3, 0.4) is 0 Å². The van der Waals surface area contributed by atoms with Crippen molar-refractivity contribution in [1.29, 1.82) is 0 Å². The predicted octanol–water partition coefficient (Wildman–Crippen LogP) is 2.75. The molecule has 2 heterocycles. The molecule has 3 rings (SSSR count). The van der Waals surface area contributed by atoms with Gasteiger partial charge in [-0.2, -0.15) is 0 Å². The van der Waals surface area contributed by atoms with Gasteiger partial charge in [0.05, 0.1) is 19.2 Å². The number of hydrogen-bond donors (Lipinski definition) is 0. The summed E-state index contributed by atoms with van der Waals surface area (Å²) in [6.07, 6.45) is 1.79. The van der Waals surface area contributed by atoms with Crippen molar-refractivity contribution in [3.63, 3.8) is 0 Å². The molecule has 0 aliphatic rings. The van der Waals surface area contributed by atoms with Crippen LogP contribution in [0.25, 0.3) is 5.65 Å². The van der Waals surface area contributed by atoms with Crippen molar-refractivity contribution in [2.24, 2.45) is 0 Å². The van der Waals surface area contributed by atoms with E-state index in [-0.39, 0.29) is 24.6 Å². The summed E-state index contributed by atoms with van der Waals surface area (Å²) in [6.45, 7) is -0.0448. The van der Waals surface area contributed by atoms with E-state index in [9.17, 15) is 9.59 Å². The minimum atomic E-state index is -0.386. The van der Waals surface area contributed by atoms with Gasteiger partial charge < -0.3 is 9.47 Å². The van der Waals surface area contributed by atoms with Crippen molar-refractivity contribution < 1.29 is 14.3 Å². The van der Waals surface area contributed by atoms with Crippen molar-refractivity contribution in [2.45, 2.75) is 13.0 Å². The number of esters is 1. The molecule has 0 radical (unpaired) electrons. The van der Waals surface area contributed by atoms with Crippen LogP contribution in [0, 0.1) is 0 Å². The maximum absolute atomic E-state index is 12.1. The number of ether oxygens (including phenoxy) is 2. The summed E-state index contributed by atoms with van der Waals surface area (Å²) in [5.41, 5.74) is 1.50. The highest BCUT2D eigenvalue weighted by atomic mass is 79.9. The zero-order valence-corrected chi connectivity index (χ0v) is 15.0. The van der Waals surface area contributed by atoms with Gasteiger partial charge in [0.1, 0.15) is 18.0 Å². The number of carbonyl (C=O) groups excluding carboxylic acids is 1. The Balaban J connectivity index is 1.66. The lowest BCUT2D eigenvalue weighted by Crippen LogP contribution is -2.17.